The van der Waals surface area contributed by atoms with E-state index < -0.39 is 0 Å². The molecule has 0 saturated heterocycles. The van der Waals surface area contributed by atoms with Gasteiger partial charge in [0.25, 0.3) is 5.91 Å². The van der Waals surface area contributed by atoms with Gasteiger partial charge in [-0.25, -0.2) is 0 Å². The van der Waals surface area contributed by atoms with E-state index >= 15 is 0 Å². The minimum atomic E-state index is -0.207. The number of benzene rings is 1. The summed E-state index contributed by atoms with van der Waals surface area (Å²) in [6.45, 7) is 4.82. The first-order chi connectivity index (χ1) is 10.6. The van der Waals surface area contributed by atoms with Crippen LogP contribution in [-0.2, 0) is 9.63 Å². The van der Waals surface area contributed by atoms with E-state index in [4.69, 9.17) is 25.9 Å². The Kier molecular flexibility index (Phi) is 8.14. The highest BCUT2D eigenvalue weighted by molar-refractivity contribution is 6.32. The lowest BCUT2D eigenvalue weighted by Crippen LogP contribution is -2.27. The smallest absolute Gasteiger partial charge is 0.260 e. The van der Waals surface area contributed by atoms with Crippen LogP contribution in [0.5, 0.6) is 11.5 Å². The summed E-state index contributed by atoms with van der Waals surface area (Å²) in [5.74, 6) is 0.793. The zero-order valence-electron chi connectivity index (χ0n) is 13.0. The molecule has 0 bridgehead atoms. The molecule has 6 nitrogen and oxygen atoms in total. The molecule has 1 rings (SSSR count). The molecule has 0 spiro atoms. The summed E-state index contributed by atoms with van der Waals surface area (Å²) in [5, 5.41) is 6.85. The van der Waals surface area contributed by atoms with Crippen LogP contribution < -0.4 is 14.8 Å². The number of oxime groups is 1. The van der Waals surface area contributed by atoms with Gasteiger partial charge in [-0.3, -0.25) is 4.79 Å². The predicted molar refractivity (Wildman–Crippen MR) is 86.0 cm³/mol. The number of rotatable bonds is 9. The molecule has 0 unspecified atom stereocenters. The number of hydrogen-bond acceptors (Lipinski definition) is 5. The van der Waals surface area contributed by atoms with Gasteiger partial charge in [-0.05, 0) is 25.5 Å². The molecule has 0 heterocycles. The fourth-order valence-electron chi connectivity index (χ4n) is 1.61. The standard InChI is InChI=1S/C15H21ClN2O4/c1-4-6-17-14(19)10-22-18-9-11-7-12(16)15(21-5-2)13(8-11)20-3/h7-9H,4-6,10H2,1-3H3,(H,17,19)/b18-9-. The van der Waals surface area contributed by atoms with Gasteiger partial charge in [-0.2, -0.15) is 0 Å². The van der Waals surface area contributed by atoms with Crippen LogP contribution in [0.2, 0.25) is 5.02 Å². The largest absolute Gasteiger partial charge is 0.493 e. The summed E-state index contributed by atoms with van der Waals surface area (Å²) in [6, 6.07) is 3.40. The lowest BCUT2D eigenvalue weighted by atomic mass is 10.2. The van der Waals surface area contributed by atoms with E-state index in [-0.39, 0.29) is 12.5 Å². The van der Waals surface area contributed by atoms with Crippen LogP contribution in [0.1, 0.15) is 25.8 Å². The van der Waals surface area contributed by atoms with Crippen LogP contribution in [0.3, 0.4) is 0 Å². The Balaban J connectivity index is 2.64. The normalized spacial score (nSPS) is 10.5. The van der Waals surface area contributed by atoms with Crippen molar-refractivity contribution in [1.29, 1.82) is 0 Å². The van der Waals surface area contributed by atoms with Crippen molar-refractivity contribution in [1.82, 2.24) is 5.32 Å². The molecule has 1 aromatic rings. The number of nitrogens with one attached hydrogen (secondary N) is 1. The topological polar surface area (TPSA) is 69.2 Å². The monoisotopic (exact) mass is 328 g/mol. The molecule has 22 heavy (non-hydrogen) atoms. The van der Waals surface area contributed by atoms with Gasteiger partial charge in [0.1, 0.15) is 0 Å². The van der Waals surface area contributed by atoms with Crippen molar-refractivity contribution in [3.8, 4) is 11.5 Å². The highest BCUT2D eigenvalue weighted by Crippen LogP contribution is 2.35. The minimum absolute atomic E-state index is 0.127. The number of hydrogen-bond donors (Lipinski definition) is 1. The maximum atomic E-state index is 11.3. The zero-order chi connectivity index (χ0) is 16.4. The minimum Gasteiger partial charge on any atom is -0.493 e. The van der Waals surface area contributed by atoms with Crippen molar-refractivity contribution in [3.63, 3.8) is 0 Å². The Bertz CT molecular complexity index is 521. The lowest BCUT2D eigenvalue weighted by molar-refractivity contribution is -0.125. The van der Waals surface area contributed by atoms with Crippen LogP contribution in [-0.4, -0.2) is 39.0 Å². The van der Waals surface area contributed by atoms with Crippen molar-refractivity contribution >= 4 is 23.7 Å². The third kappa shape index (κ3) is 5.81. The lowest BCUT2D eigenvalue weighted by Gasteiger charge is -2.11. The van der Waals surface area contributed by atoms with Crippen LogP contribution in [0.25, 0.3) is 0 Å². The number of methoxy groups -OCH3 is 1. The Morgan fingerprint density at radius 3 is 2.82 bits per heavy atom. The molecule has 0 aliphatic carbocycles. The summed E-state index contributed by atoms with van der Waals surface area (Å²) >= 11 is 6.14. The maximum absolute atomic E-state index is 11.3. The molecule has 0 saturated carbocycles. The Labute approximate surface area is 135 Å². The summed E-state index contributed by atoms with van der Waals surface area (Å²) in [5.41, 5.74) is 0.680. The second kappa shape index (κ2) is 9.89. The van der Waals surface area contributed by atoms with Crippen molar-refractivity contribution in [2.75, 3.05) is 26.9 Å². The Morgan fingerprint density at radius 2 is 2.18 bits per heavy atom. The van der Waals surface area contributed by atoms with E-state index in [0.717, 1.165) is 6.42 Å². The van der Waals surface area contributed by atoms with Gasteiger partial charge in [0.15, 0.2) is 18.1 Å². The second-order valence-electron chi connectivity index (χ2n) is 4.33. The molecular weight excluding hydrogens is 308 g/mol. The first-order valence-corrected chi connectivity index (χ1v) is 7.42. The predicted octanol–water partition coefficient (Wildman–Crippen LogP) is 2.62. The number of ether oxygens (including phenoxy) is 2. The van der Waals surface area contributed by atoms with Crippen molar-refractivity contribution in [2.24, 2.45) is 5.16 Å². The van der Waals surface area contributed by atoms with E-state index in [1.807, 2.05) is 13.8 Å². The zero-order valence-corrected chi connectivity index (χ0v) is 13.8. The van der Waals surface area contributed by atoms with Gasteiger partial charge < -0.3 is 19.6 Å². The SMILES string of the molecule is CCCNC(=O)CO/N=C\c1cc(Cl)c(OCC)c(OC)c1. The van der Waals surface area contributed by atoms with Gasteiger partial charge in [0, 0.05) is 12.1 Å². The van der Waals surface area contributed by atoms with E-state index in [2.05, 4.69) is 10.5 Å². The van der Waals surface area contributed by atoms with Crippen LogP contribution >= 0.6 is 11.6 Å². The van der Waals surface area contributed by atoms with Crippen molar-refractivity contribution in [2.45, 2.75) is 20.3 Å². The van der Waals surface area contributed by atoms with E-state index in [9.17, 15) is 4.79 Å². The van der Waals surface area contributed by atoms with Crippen LogP contribution in [0.4, 0.5) is 0 Å². The highest BCUT2D eigenvalue weighted by Gasteiger charge is 2.10. The first-order valence-electron chi connectivity index (χ1n) is 7.04. The van der Waals surface area contributed by atoms with Crippen LogP contribution in [0.15, 0.2) is 17.3 Å². The van der Waals surface area contributed by atoms with Crippen molar-refractivity contribution in [3.05, 3.63) is 22.7 Å². The Hall–Kier alpha value is -1.95. The number of halogens is 1. The number of nitrogens with zero attached hydrogens (tertiary/aromatic N) is 1. The van der Waals surface area contributed by atoms with E-state index in [1.54, 1.807) is 12.1 Å². The molecule has 1 aromatic carbocycles. The van der Waals surface area contributed by atoms with Gasteiger partial charge in [-0.15, -0.1) is 0 Å². The van der Waals surface area contributed by atoms with Gasteiger partial charge in [0.05, 0.1) is 25.0 Å². The number of carbonyl (C=O) groups excluding carboxylic acids is 1. The third-order valence-electron chi connectivity index (χ3n) is 2.58. The highest BCUT2D eigenvalue weighted by atomic mass is 35.5. The summed E-state index contributed by atoms with van der Waals surface area (Å²) < 4.78 is 10.7. The summed E-state index contributed by atoms with van der Waals surface area (Å²) in [7, 11) is 1.53. The fourth-order valence-corrected chi connectivity index (χ4v) is 1.88. The second-order valence-corrected chi connectivity index (χ2v) is 4.73. The van der Waals surface area contributed by atoms with Crippen LogP contribution in [0, 0.1) is 0 Å². The van der Waals surface area contributed by atoms with Gasteiger partial charge in [-0.1, -0.05) is 23.7 Å². The molecule has 0 aliphatic rings. The first kappa shape index (κ1) is 18.1. The number of carbonyl (C=O) groups is 1. The average Bonchev–Trinajstić information content (AvgIpc) is 2.51. The molecule has 1 N–H and O–H groups in total. The third-order valence-corrected chi connectivity index (χ3v) is 2.87. The fraction of sp³-hybridized carbons (Fsp3) is 0.467. The average molecular weight is 329 g/mol. The molecular formula is C15H21ClN2O4. The molecule has 7 heteroatoms. The van der Waals surface area contributed by atoms with E-state index in [1.165, 1.54) is 13.3 Å². The molecule has 0 aromatic heterocycles. The molecule has 1 amide bonds. The Morgan fingerprint density at radius 1 is 1.41 bits per heavy atom. The molecule has 0 atom stereocenters. The van der Waals surface area contributed by atoms with Gasteiger partial charge >= 0.3 is 0 Å². The summed E-state index contributed by atoms with van der Waals surface area (Å²) in [4.78, 5) is 16.2. The maximum Gasteiger partial charge on any atom is 0.260 e. The van der Waals surface area contributed by atoms with E-state index in [0.29, 0.717) is 35.2 Å². The summed E-state index contributed by atoms with van der Waals surface area (Å²) in [6.07, 6.45) is 2.33. The van der Waals surface area contributed by atoms with Gasteiger partial charge in [0.2, 0.25) is 0 Å². The molecule has 122 valence electrons. The molecule has 0 fully saturated rings. The number of amides is 1. The quantitative estimate of drug-likeness (QED) is 0.559. The van der Waals surface area contributed by atoms with Crippen molar-refractivity contribution < 1.29 is 19.1 Å². The molecule has 0 aliphatic heterocycles. The molecule has 0 radical (unpaired) electrons.